The molecule has 1 aliphatic rings. The van der Waals surface area contributed by atoms with Crippen molar-refractivity contribution >= 4 is 23.0 Å². The van der Waals surface area contributed by atoms with Crippen LogP contribution in [0.4, 0.5) is 5.69 Å². The number of nitrogens with zero attached hydrogens (tertiary/aromatic N) is 2. The van der Waals surface area contributed by atoms with Crippen LogP contribution in [0.1, 0.15) is 31.7 Å². The number of hydrogen-bond donors (Lipinski definition) is 1. The van der Waals surface area contributed by atoms with Crippen LogP contribution in [0.3, 0.4) is 0 Å². The van der Waals surface area contributed by atoms with Crippen LogP contribution in [0.5, 0.6) is 0 Å². The number of hydrazone groups is 1. The molecule has 3 nitrogen and oxygen atoms in total. The molecule has 0 saturated carbocycles. The molecule has 0 atom stereocenters. The van der Waals surface area contributed by atoms with E-state index in [9.17, 15) is 0 Å². The smallest absolute Gasteiger partial charge is 0.0696 e. The third kappa shape index (κ3) is 2.91. The van der Waals surface area contributed by atoms with E-state index in [1.165, 1.54) is 12.8 Å². The minimum Gasteiger partial charge on any atom is -0.398 e. The van der Waals surface area contributed by atoms with Gasteiger partial charge in [-0.2, -0.15) is 5.10 Å². The minimum atomic E-state index is 0.705. The maximum absolute atomic E-state index is 6.01. The summed E-state index contributed by atoms with van der Waals surface area (Å²) in [5.74, 6) is 0. The summed E-state index contributed by atoms with van der Waals surface area (Å²) < 4.78 is 0. The lowest BCUT2D eigenvalue weighted by Crippen LogP contribution is -2.16. The molecule has 92 valence electrons. The summed E-state index contributed by atoms with van der Waals surface area (Å²) in [6, 6.07) is 5.55. The van der Waals surface area contributed by atoms with E-state index in [4.69, 9.17) is 17.3 Å². The highest BCUT2D eigenvalue weighted by Crippen LogP contribution is 2.21. The van der Waals surface area contributed by atoms with Gasteiger partial charge in [-0.3, -0.25) is 5.01 Å². The molecule has 1 aliphatic heterocycles. The van der Waals surface area contributed by atoms with Gasteiger partial charge in [0, 0.05) is 29.4 Å². The van der Waals surface area contributed by atoms with Crippen LogP contribution in [0.2, 0.25) is 5.02 Å². The Hall–Kier alpha value is -1.22. The van der Waals surface area contributed by atoms with Gasteiger partial charge in [0.1, 0.15) is 0 Å². The number of rotatable bonds is 3. The minimum absolute atomic E-state index is 0.705. The second-order valence-electron chi connectivity index (χ2n) is 4.29. The van der Waals surface area contributed by atoms with E-state index in [1.807, 2.05) is 18.2 Å². The molecular weight excluding hydrogens is 234 g/mol. The Labute approximate surface area is 107 Å². The van der Waals surface area contributed by atoms with Crippen molar-refractivity contribution in [2.75, 3.05) is 18.8 Å². The van der Waals surface area contributed by atoms with E-state index in [1.54, 1.807) is 0 Å². The van der Waals surface area contributed by atoms with Crippen molar-refractivity contribution < 1.29 is 0 Å². The molecule has 0 aliphatic carbocycles. The zero-order valence-electron chi connectivity index (χ0n) is 10.1. The topological polar surface area (TPSA) is 41.6 Å². The van der Waals surface area contributed by atoms with Gasteiger partial charge in [-0.1, -0.05) is 18.5 Å². The van der Waals surface area contributed by atoms with Crippen LogP contribution >= 0.6 is 11.6 Å². The standard InChI is InChI=1S/C13H18ClN3/c1-2-13(16-17-7-3-4-8-17)11-9-10(14)5-6-12(11)15/h5-6,9H,2-4,7-8,15H2,1H3/b16-13+. The summed E-state index contributed by atoms with van der Waals surface area (Å²) in [7, 11) is 0. The first-order chi connectivity index (χ1) is 8.20. The number of nitrogens with two attached hydrogens (primary N) is 1. The molecule has 1 aromatic rings. The largest absolute Gasteiger partial charge is 0.398 e. The van der Waals surface area contributed by atoms with E-state index in [2.05, 4.69) is 17.0 Å². The number of benzene rings is 1. The Morgan fingerprint density at radius 1 is 1.41 bits per heavy atom. The van der Waals surface area contributed by atoms with Crippen molar-refractivity contribution in [1.29, 1.82) is 0 Å². The molecular formula is C13H18ClN3. The molecule has 4 heteroatoms. The zero-order valence-corrected chi connectivity index (χ0v) is 10.9. The molecule has 2 rings (SSSR count). The number of hydrogen-bond acceptors (Lipinski definition) is 3. The van der Waals surface area contributed by atoms with Crippen LogP contribution in [0.25, 0.3) is 0 Å². The lowest BCUT2D eigenvalue weighted by atomic mass is 10.1. The Kier molecular flexibility index (Phi) is 3.89. The summed E-state index contributed by atoms with van der Waals surface area (Å²) in [6.45, 7) is 4.18. The molecule has 1 heterocycles. The van der Waals surface area contributed by atoms with Gasteiger partial charge in [-0.05, 0) is 37.5 Å². The summed E-state index contributed by atoms with van der Waals surface area (Å²) in [5.41, 5.74) is 8.71. The quantitative estimate of drug-likeness (QED) is 0.662. The predicted octanol–water partition coefficient (Wildman–Crippen LogP) is 3.13. The van der Waals surface area contributed by atoms with Gasteiger partial charge in [-0.15, -0.1) is 0 Å². The molecule has 2 N–H and O–H groups in total. The van der Waals surface area contributed by atoms with Gasteiger partial charge in [0.2, 0.25) is 0 Å². The fourth-order valence-electron chi connectivity index (χ4n) is 2.06. The zero-order chi connectivity index (χ0) is 12.3. The first-order valence-electron chi connectivity index (χ1n) is 6.08. The lowest BCUT2D eigenvalue weighted by Gasteiger charge is -2.15. The van der Waals surface area contributed by atoms with Crippen molar-refractivity contribution in [3.8, 4) is 0 Å². The number of halogens is 1. The normalized spacial score (nSPS) is 16.6. The summed E-state index contributed by atoms with van der Waals surface area (Å²) >= 11 is 6.01. The third-order valence-electron chi connectivity index (χ3n) is 3.01. The van der Waals surface area contributed by atoms with Gasteiger partial charge in [0.05, 0.1) is 5.71 Å². The fraction of sp³-hybridized carbons (Fsp3) is 0.462. The molecule has 0 radical (unpaired) electrons. The van der Waals surface area contributed by atoms with Crippen molar-refractivity contribution in [3.63, 3.8) is 0 Å². The second kappa shape index (κ2) is 5.41. The highest BCUT2D eigenvalue weighted by atomic mass is 35.5. The lowest BCUT2D eigenvalue weighted by molar-refractivity contribution is 0.359. The third-order valence-corrected chi connectivity index (χ3v) is 3.24. The van der Waals surface area contributed by atoms with Crippen LogP contribution in [0, 0.1) is 0 Å². The van der Waals surface area contributed by atoms with Crippen LogP contribution in [-0.2, 0) is 0 Å². The SMILES string of the molecule is CC/C(=N\N1CCCC1)c1cc(Cl)ccc1N. The maximum Gasteiger partial charge on any atom is 0.0696 e. The van der Waals surface area contributed by atoms with Crippen molar-refractivity contribution in [2.24, 2.45) is 5.10 Å². The summed E-state index contributed by atoms with van der Waals surface area (Å²) in [5, 5.41) is 7.51. The first kappa shape index (κ1) is 12.2. The molecule has 0 aromatic heterocycles. The van der Waals surface area contributed by atoms with Crippen molar-refractivity contribution in [2.45, 2.75) is 26.2 Å². The highest BCUT2D eigenvalue weighted by molar-refractivity contribution is 6.31. The van der Waals surface area contributed by atoms with Gasteiger partial charge in [0.25, 0.3) is 0 Å². The van der Waals surface area contributed by atoms with Crippen molar-refractivity contribution in [3.05, 3.63) is 28.8 Å². The Balaban J connectivity index is 2.30. The van der Waals surface area contributed by atoms with E-state index < -0.39 is 0 Å². The van der Waals surface area contributed by atoms with Gasteiger partial charge >= 0.3 is 0 Å². The molecule has 0 spiro atoms. The molecule has 17 heavy (non-hydrogen) atoms. The molecule has 0 unspecified atom stereocenters. The summed E-state index contributed by atoms with van der Waals surface area (Å²) in [6.07, 6.45) is 3.32. The molecule has 0 amide bonds. The van der Waals surface area contributed by atoms with Crippen LogP contribution in [0.15, 0.2) is 23.3 Å². The van der Waals surface area contributed by atoms with E-state index >= 15 is 0 Å². The van der Waals surface area contributed by atoms with Crippen LogP contribution in [-0.4, -0.2) is 23.8 Å². The fourth-order valence-corrected chi connectivity index (χ4v) is 2.24. The molecule has 1 aromatic carbocycles. The monoisotopic (exact) mass is 251 g/mol. The predicted molar refractivity (Wildman–Crippen MR) is 73.5 cm³/mol. The van der Waals surface area contributed by atoms with E-state index in [0.717, 1.165) is 36.5 Å². The van der Waals surface area contributed by atoms with Crippen LogP contribution < -0.4 is 5.73 Å². The highest BCUT2D eigenvalue weighted by Gasteiger charge is 2.12. The average molecular weight is 252 g/mol. The molecule has 0 bridgehead atoms. The molecule has 1 saturated heterocycles. The Bertz CT molecular complexity index is 423. The second-order valence-corrected chi connectivity index (χ2v) is 4.73. The number of anilines is 1. The van der Waals surface area contributed by atoms with E-state index in [-0.39, 0.29) is 0 Å². The van der Waals surface area contributed by atoms with E-state index in [0.29, 0.717) is 5.02 Å². The average Bonchev–Trinajstić information content (AvgIpc) is 2.82. The van der Waals surface area contributed by atoms with Gasteiger partial charge in [0.15, 0.2) is 0 Å². The number of nitrogen functional groups attached to an aromatic ring is 1. The van der Waals surface area contributed by atoms with Crippen molar-refractivity contribution in [1.82, 2.24) is 5.01 Å². The first-order valence-corrected chi connectivity index (χ1v) is 6.46. The molecule has 1 fully saturated rings. The Morgan fingerprint density at radius 3 is 2.76 bits per heavy atom. The van der Waals surface area contributed by atoms with Gasteiger partial charge < -0.3 is 5.73 Å². The van der Waals surface area contributed by atoms with Gasteiger partial charge in [-0.25, -0.2) is 0 Å². The summed E-state index contributed by atoms with van der Waals surface area (Å²) in [4.78, 5) is 0. The Morgan fingerprint density at radius 2 is 2.12 bits per heavy atom. The maximum atomic E-state index is 6.01.